The largest absolute Gasteiger partial charge is 0.368 e. The highest BCUT2D eigenvalue weighted by atomic mass is 32.2. The number of aromatic nitrogens is 1. The van der Waals surface area contributed by atoms with Gasteiger partial charge in [-0.25, -0.2) is 13.4 Å². The SMILES string of the molecule is CS(=O)(=O)c1ccc(NCC2(N)CCCCC2)nc1. The molecule has 106 valence electrons. The van der Waals surface area contributed by atoms with E-state index in [4.69, 9.17) is 5.73 Å². The molecule has 5 nitrogen and oxygen atoms in total. The van der Waals surface area contributed by atoms with Crippen LogP contribution in [0.2, 0.25) is 0 Å². The zero-order chi connectivity index (χ0) is 13.9. The van der Waals surface area contributed by atoms with E-state index >= 15 is 0 Å². The summed E-state index contributed by atoms with van der Waals surface area (Å²) in [4.78, 5) is 4.35. The summed E-state index contributed by atoms with van der Waals surface area (Å²) in [5, 5.41) is 3.20. The number of hydrogen-bond donors (Lipinski definition) is 2. The molecule has 0 bridgehead atoms. The first-order chi connectivity index (χ1) is 8.89. The van der Waals surface area contributed by atoms with E-state index in [9.17, 15) is 8.42 Å². The van der Waals surface area contributed by atoms with Crippen LogP contribution in [0, 0.1) is 0 Å². The Balaban J connectivity index is 1.96. The van der Waals surface area contributed by atoms with Gasteiger partial charge < -0.3 is 11.1 Å². The van der Waals surface area contributed by atoms with Crippen molar-refractivity contribution in [1.29, 1.82) is 0 Å². The summed E-state index contributed by atoms with van der Waals surface area (Å²) >= 11 is 0. The Morgan fingerprint density at radius 1 is 1.32 bits per heavy atom. The second-order valence-electron chi connectivity index (χ2n) is 5.43. The molecule has 2 rings (SSSR count). The fourth-order valence-corrected chi connectivity index (χ4v) is 2.96. The standard InChI is InChI=1S/C13H21N3O2S/c1-19(17,18)11-5-6-12(15-9-11)16-10-13(14)7-3-2-4-8-13/h5-6,9H,2-4,7-8,10,14H2,1H3,(H,15,16). The quantitative estimate of drug-likeness (QED) is 0.876. The topological polar surface area (TPSA) is 85.1 Å². The number of nitrogens with one attached hydrogen (secondary N) is 1. The molecule has 3 N–H and O–H groups in total. The Morgan fingerprint density at radius 2 is 2.00 bits per heavy atom. The Kier molecular flexibility index (Phi) is 4.10. The van der Waals surface area contributed by atoms with Gasteiger partial charge in [-0.3, -0.25) is 0 Å². The number of nitrogens with zero attached hydrogens (tertiary/aromatic N) is 1. The van der Waals surface area contributed by atoms with Gasteiger partial charge in [0.2, 0.25) is 0 Å². The van der Waals surface area contributed by atoms with Crippen LogP contribution in [0.15, 0.2) is 23.2 Å². The van der Waals surface area contributed by atoms with Gasteiger partial charge in [0, 0.05) is 24.5 Å². The molecule has 0 spiro atoms. The van der Waals surface area contributed by atoms with Gasteiger partial charge in [0.25, 0.3) is 0 Å². The fraction of sp³-hybridized carbons (Fsp3) is 0.615. The van der Waals surface area contributed by atoms with Gasteiger partial charge in [-0.2, -0.15) is 0 Å². The number of pyridine rings is 1. The van der Waals surface area contributed by atoms with Crippen molar-refractivity contribution in [2.24, 2.45) is 5.73 Å². The summed E-state index contributed by atoms with van der Waals surface area (Å²) in [5.74, 6) is 0.669. The molecule has 6 heteroatoms. The van der Waals surface area contributed by atoms with Crippen molar-refractivity contribution in [2.75, 3.05) is 18.1 Å². The lowest BCUT2D eigenvalue weighted by Crippen LogP contribution is -2.47. The average Bonchev–Trinajstić information content (AvgIpc) is 2.37. The first kappa shape index (κ1) is 14.3. The van der Waals surface area contributed by atoms with E-state index in [1.165, 1.54) is 31.7 Å². The third-order valence-electron chi connectivity index (χ3n) is 3.64. The lowest BCUT2D eigenvalue weighted by molar-refractivity contribution is 0.311. The van der Waals surface area contributed by atoms with Crippen molar-refractivity contribution in [3.63, 3.8) is 0 Å². The molecule has 0 aromatic carbocycles. The normalized spacial score (nSPS) is 19.1. The van der Waals surface area contributed by atoms with E-state index in [0.29, 0.717) is 12.4 Å². The molecular weight excluding hydrogens is 262 g/mol. The predicted molar refractivity (Wildman–Crippen MR) is 75.8 cm³/mol. The number of rotatable bonds is 4. The van der Waals surface area contributed by atoms with Gasteiger partial charge in [0.05, 0.1) is 4.90 Å². The van der Waals surface area contributed by atoms with Gasteiger partial charge in [0.1, 0.15) is 5.82 Å². The second kappa shape index (κ2) is 5.46. The molecule has 0 radical (unpaired) electrons. The van der Waals surface area contributed by atoms with Gasteiger partial charge in [-0.1, -0.05) is 19.3 Å². The monoisotopic (exact) mass is 283 g/mol. The summed E-state index contributed by atoms with van der Waals surface area (Å²) in [6.07, 6.45) is 8.23. The van der Waals surface area contributed by atoms with Crippen LogP contribution >= 0.6 is 0 Å². The van der Waals surface area contributed by atoms with Gasteiger partial charge >= 0.3 is 0 Å². The van der Waals surface area contributed by atoms with E-state index in [0.717, 1.165) is 12.8 Å². The summed E-state index contributed by atoms with van der Waals surface area (Å²) in [6, 6.07) is 3.25. The minimum Gasteiger partial charge on any atom is -0.368 e. The molecule has 1 aromatic heterocycles. The van der Waals surface area contributed by atoms with E-state index in [1.807, 2.05) is 0 Å². The molecule has 1 aliphatic carbocycles. The predicted octanol–water partition coefficient (Wildman–Crippen LogP) is 1.56. The molecule has 0 unspecified atom stereocenters. The highest BCUT2D eigenvalue weighted by Crippen LogP contribution is 2.26. The third-order valence-corrected chi connectivity index (χ3v) is 4.73. The lowest BCUT2D eigenvalue weighted by Gasteiger charge is -2.33. The third kappa shape index (κ3) is 3.91. The van der Waals surface area contributed by atoms with Crippen LogP contribution in [-0.2, 0) is 9.84 Å². The van der Waals surface area contributed by atoms with Crippen LogP contribution in [-0.4, -0.2) is 31.7 Å². The molecule has 1 heterocycles. The molecule has 19 heavy (non-hydrogen) atoms. The van der Waals surface area contributed by atoms with Gasteiger partial charge in [-0.15, -0.1) is 0 Å². The average molecular weight is 283 g/mol. The van der Waals surface area contributed by atoms with Crippen LogP contribution in [0.4, 0.5) is 5.82 Å². The summed E-state index contributed by atoms with van der Waals surface area (Å²) in [7, 11) is -3.18. The highest BCUT2D eigenvalue weighted by molar-refractivity contribution is 7.90. The molecule has 0 amide bonds. The molecule has 1 saturated carbocycles. The molecular formula is C13H21N3O2S. The maximum atomic E-state index is 11.3. The smallest absolute Gasteiger partial charge is 0.177 e. The van der Waals surface area contributed by atoms with Crippen molar-refractivity contribution in [1.82, 2.24) is 4.98 Å². The molecule has 0 aliphatic heterocycles. The minimum absolute atomic E-state index is 0.157. The number of sulfone groups is 1. The first-order valence-electron chi connectivity index (χ1n) is 6.58. The molecule has 1 aromatic rings. The molecule has 1 aliphatic rings. The van der Waals surface area contributed by atoms with E-state index < -0.39 is 9.84 Å². The van der Waals surface area contributed by atoms with E-state index in [2.05, 4.69) is 10.3 Å². The number of anilines is 1. The van der Waals surface area contributed by atoms with Crippen LogP contribution in [0.1, 0.15) is 32.1 Å². The van der Waals surface area contributed by atoms with E-state index in [-0.39, 0.29) is 10.4 Å². The Bertz CT molecular complexity index is 519. The molecule has 0 saturated heterocycles. The number of nitrogens with two attached hydrogens (primary N) is 1. The van der Waals surface area contributed by atoms with Crippen molar-refractivity contribution in [3.8, 4) is 0 Å². The molecule has 0 atom stereocenters. The van der Waals surface area contributed by atoms with Crippen LogP contribution in [0.3, 0.4) is 0 Å². The van der Waals surface area contributed by atoms with Gasteiger partial charge in [0.15, 0.2) is 9.84 Å². The van der Waals surface area contributed by atoms with Crippen molar-refractivity contribution < 1.29 is 8.42 Å². The minimum atomic E-state index is -3.18. The summed E-state index contributed by atoms with van der Waals surface area (Å²) in [5.41, 5.74) is 6.16. The van der Waals surface area contributed by atoms with Crippen molar-refractivity contribution >= 4 is 15.7 Å². The lowest BCUT2D eigenvalue weighted by atomic mass is 9.82. The first-order valence-corrected chi connectivity index (χ1v) is 8.47. The Hall–Kier alpha value is -1.14. The Labute approximate surface area is 114 Å². The van der Waals surface area contributed by atoms with E-state index in [1.54, 1.807) is 12.1 Å². The Morgan fingerprint density at radius 3 is 2.53 bits per heavy atom. The van der Waals surface area contributed by atoms with Gasteiger partial charge in [-0.05, 0) is 25.0 Å². The zero-order valence-electron chi connectivity index (χ0n) is 11.2. The summed E-state index contributed by atoms with van der Waals surface area (Å²) < 4.78 is 22.6. The highest BCUT2D eigenvalue weighted by Gasteiger charge is 2.27. The van der Waals surface area contributed by atoms with Crippen molar-refractivity contribution in [2.45, 2.75) is 42.5 Å². The zero-order valence-corrected chi connectivity index (χ0v) is 12.0. The maximum Gasteiger partial charge on any atom is 0.177 e. The second-order valence-corrected chi connectivity index (χ2v) is 7.44. The number of hydrogen-bond acceptors (Lipinski definition) is 5. The molecule has 1 fully saturated rings. The maximum absolute atomic E-state index is 11.3. The van der Waals surface area contributed by atoms with Crippen LogP contribution in [0.5, 0.6) is 0 Å². The van der Waals surface area contributed by atoms with Crippen LogP contribution in [0.25, 0.3) is 0 Å². The van der Waals surface area contributed by atoms with Crippen LogP contribution < -0.4 is 11.1 Å². The fourth-order valence-electron chi connectivity index (χ4n) is 2.40. The van der Waals surface area contributed by atoms with Crippen molar-refractivity contribution in [3.05, 3.63) is 18.3 Å². The summed E-state index contributed by atoms with van der Waals surface area (Å²) in [6.45, 7) is 0.679.